The molecule has 24 nitrogen and oxygen atoms in total. The van der Waals surface area contributed by atoms with Crippen LogP contribution in [0.3, 0.4) is 0 Å². The number of ether oxygens (including phenoxy) is 1. The molecular formula is C122H110ClF2N13O11. The lowest BCUT2D eigenvalue weighted by Gasteiger charge is -2.20. The number of fused-ring (bicyclic) bond motifs is 15. The standard InChI is InChI=1S/C28H21FN2O4.C24H19FN4O.C24H25N3O2.C24H24N2O3.C22H21ClN2O/c1-16(33)13-25-28-26(17(2)31-35-28)23-12-7-20(18-5-10-22(11-6-18)34-15-32)14-24(23)27(30-25)19-3-8-21(29)9-4-19;1-13-22-19-9-5-16(17-6-10-21(26)27-12-17)11-20(19)23(15-3-7-18(25)8-4-15)28-14(2)24(22)30-29-13;1-14(28)13-20-23-21(15(2)27-29-23)18-7-5-6-8-19(18)22(26-20)16-9-11-17(12-10-16)24(3,4)25;1-14(27)13-20-23-21(15(2)26-29-23)18-7-5-6-8-19(18)22(25-20)16-9-11-17(12-10-16)24(3,4)28;1-13(2)12-19-22-20(14(3)25-26-22)17-6-4-5-7-18(17)21(24-19)15-8-10-16(23)11-9-15/h3-12,14-15,25H,13H2,1-2H3;3-12,14H,1-2H3,(H2,26,27);5-12,20H,13,25H2,1-4H3;5-12,20,28H,13H2,1-4H3;4-11,13,19H,12H2,1-3H3/t25-;14-;2*20-;19-/m01000/s1. The third-order valence-corrected chi connectivity index (χ3v) is 26.9. The Kier molecular flexibility index (Phi) is 29.6. The van der Waals surface area contributed by atoms with Crippen molar-refractivity contribution in [2.24, 2.45) is 36.6 Å². The minimum absolute atomic E-state index is 0.0264. The van der Waals surface area contributed by atoms with Crippen LogP contribution < -0.4 is 16.2 Å². The predicted molar refractivity (Wildman–Crippen MR) is 576 cm³/mol. The van der Waals surface area contributed by atoms with Gasteiger partial charge in [-0.1, -0.05) is 221 Å². The minimum atomic E-state index is -0.914. The number of anilines is 1. The van der Waals surface area contributed by atoms with Crippen molar-refractivity contribution in [3.63, 3.8) is 0 Å². The monoisotopic (exact) mass is 2010 g/mol. The number of carbonyl (C=O) groups excluding carboxylic acids is 4. The Morgan fingerprint density at radius 1 is 0.389 bits per heavy atom. The molecule has 11 aromatic carbocycles. The molecule has 0 amide bonds. The van der Waals surface area contributed by atoms with Crippen molar-refractivity contribution < 1.29 is 60.4 Å². The molecule has 6 aromatic heterocycles. The van der Waals surface area contributed by atoms with E-state index >= 15 is 0 Å². The quantitative estimate of drug-likeness (QED) is 0.0633. The Bertz CT molecular complexity index is 7920. The molecule has 0 saturated heterocycles. The summed E-state index contributed by atoms with van der Waals surface area (Å²) in [6, 6.07) is 82.2. The Hall–Kier alpha value is -16.7. The Morgan fingerprint density at radius 2 is 0.691 bits per heavy atom. The van der Waals surface area contributed by atoms with Gasteiger partial charge in [-0.05, 0) is 255 Å². The summed E-state index contributed by atoms with van der Waals surface area (Å²) in [7, 11) is 0. The molecule has 17 aromatic rings. The first-order valence-electron chi connectivity index (χ1n) is 49.2. The van der Waals surface area contributed by atoms with Gasteiger partial charge < -0.3 is 43.9 Å². The number of carbonyl (C=O) groups is 4. The van der Waals surface area contributed by atoms with E-state index in [1.807, 2.05) is 207 Å². The molecule has 5 atom stereocenters. The number of ketones is 3. The topological polar surface area (TPSA) is 355 Å². The molecule has 0 spiro atoms. The van der Waals surface area contributed by atoms with Crippen molar-refractivity contribution in [2.75, 3.05) is 5.73 Å². The number of nitrogens with two attached hydrogens (primary N) is 2. The molecule has 0 aliphatic carbocycles. The molecule has 22 rings (SSSR count). The number of nitrogen functional groups attached to an aromatic ring is 1. The maximum Gasteiger partial charge on any atom is 0.298 e. The molecule has 0 radical (unpaired) electrons. The van der Waals surface area contributed by atoms with Crippen molar-refractivity contribution in [2.45, 2.75) is 171 Å². The van der Waals surface area contributed by atoms with Gasteiger partial charge in [0.05, 0.1) is 90.4 Å². The second-order valence-corrected chi connectivity index (χ2v) is 39.8. The Balaban J connectivity index is 0.000000122. The van der Waals surface area contributed by atoms with Gasteiger partial charge in [0.15, 0.2) is 28.8 Å². The molecule has 0 bridgehead atoms. The van der Waals surface area contributed by atoms with Crippen LogP contribution in [0.2, 0.25) is 5.02 Å². The van der Waals surface area contributed by atoms with Gasteiger partial charge >= 0.3 is 0 Å². The highest BCUT2D eigenvalue weighted by molar-refractivity contribution is 6.31. The predicted octanol–water partition coefficient (Wildman–Crippen LogP) is 26.9. The van der Waals surface area contributed by atoms with E-state index in [4.69, 9.17) is 75.4 Å². The zero-order chi connectivity index (χ0) is 105. The second kappa shape index (κ2) is 43.2. The fourth-order valence-corrected chi connectivity index (χ4v) is 19.6. The van der Waals surface area contributed by atoms with E-state index in [9.17, 15) is 33.1 Å². The van der Waals surface area contributed by atoms with Gasteiger partial charge in [-0.15, -0.1) is 0 Å². The van der Waals surface area contributed by atoms with Crippen molar-refractivity contribution in [3.8, 4) is 83.6 Å². The smallest absolute Gasteiger partial charge is 0.298 e. The molecule has 11 heterocycles. The number of hydrogen-bond donors (Lipinski definition) is 3. The maximum atomic E-state index is 13.7. The van der Waals surface area contributed by atoms with E-state index in [-0.39, 0.29) is 60.3 Å². The lowest BCUT2D eigenvalue weighted by molar-refractivity contribution is -0.121. The number of hydrogen-bond acceptors (Lipinski definition) is 24. The van der Waals surface area contributed by atoms with Gasteiger partial charge in [-0.25, -0.2) is 13.8 Å². The number of Topliss-reactive ketones (excluding diaryl/α,β-unsaturated/α-hetero) is 3. The van der Waals surface area contributed by atoms with Gasteiger partial charge in [0, 0.05) is 97.2 Å². The minimum Gasteiger partial charge on any atom is -0.429 e. The summed E-state index contributed by atoms with van der Waals surface area (Å²) in [5.74, 6) is 4.29. The number of halogens is 3. The molecule has 0 fully saturated rings. The molecule has 5 aliphatic rings. The van der Waals surface area contributed by atoms with Crippen LogP contribution in [0, 0.1) is 52.2 Å². The van der Waals surface area contributed by atoms with Crippen molar-refractivity contribution in [1.29, 1.82) is 0 Å². The SMILES string of the molecule is CC(=O)C[C@@H]1N=C(c2ccc(C(C)(C)N)cc2)c2ccccc2-c2c(C)noc21.CC(=O)C[C@@H]1N=C(c2ccc(C(C)(C)O)cc2)c2ccccc2-c2c(C)noc21.CC(=O)C[C@@H]1N=C(c2ccc(F)cc2)c2cc(-c3ccc(OC=O)cc3)ccc2-c2c(C)noc21.Cc1noc2c1-c1ccc(-c3ccc(N)nc3)cc1C(c1ccc(F)cc1)=N[C@@H]2C.Cc1noc2c1-c1ccccc1C(c1ccc(Cl)cc1)=N[C@H]2CC(C)C. The highest BCUT2D eigenvalue weighted by Gasteiger charge is 2.38. The molecule has 0 saturated carbocycles. The largest absolute Gasteiger partial charge is 0.429 e. The van der Waals surface area contributed by atoms with Crippen LogP contribution in [0.5, 0.6) is 5.75 Å². The number of rotatable bonds is 19. The van der Waals surface area contributed by atoms with Crippen molar-refractivity contribution in [1.82, 2.24) is 30.8 Å². The van der Waals surface area contributed by atoms with Crippen LogP contribution in [0.4, 0.5) is 14.6 Å². The van der Waals surface area contributed by atoms with E-state index in [0.717, 1.165) is 213 Å². The molecule has 5 N–H and O–H groups in total. The summed E-state index contributed by atoms with van der Waals surface area (Å²) in [6.45, 7) is 28.5. The average Bonchev–Trinajstić information content (AvgIpc) is 1.58. The summed E-state index contributed by atoms with van der Waals surface area (Å²) < 4.78 is 60.6. The van der Waals surface area contributed by atoms with Crippen LogP contribution in [0.25, 0.3) is 77.9 Å². The van der Waals surface area contributed by atoms with E-state index in [2.05, 4.69) is 93.1 Å². The first-order valence-corrected chi connectivity index (χ1v) is 49.6. The number of aliphatic hydroxyl groups is 1. The average molecular weight is 2010 g/mol. The van der Waals surface area contributed by atoms with E-state index in [1.54, 1.807) is 76.4 Å². The summed E-state index contributed by atoms with van der Waals surface area (Å²) in [5.41, 5.74) is 43.5. The zero-order valence-electron chi connectivity index (χ0n) is 85.1. The molecule has 750 valence electrons. The number of pyridine rings is 1. The Morgan fingerprint density at radius 3 is 1.05 bits per heavy atom. The maximum absolute atomic E-state index is 13.7. The number of aliphatic imine (C=N–C) groups is 5. The fraction of sp³-hybridized carbons (Fsp3) is 0.221. The third-order valence-electron chi connectivity index (χ3n) is 26.7. The van der Waals surface area contributed by atoms with Crippen LogP contribution in [0.1, 0.15) is 249 Å². The summed E-state index contributed by atoms with van der Waals surface area (Å²) >= 11 is 6.09. The molecule has 5 aliphatic heterocycles. The lowest BCUT2D eigenvalue weighted by Crippen LogP contribution is -2.28. The molecule has 149 heavy (non-hydrogen) atoms. The van der Waals surface area contributed by atoms with Crippen LogP contribution in [0.15, 0.2) is 321 Å². The highest BCUT2D eigenvalue weighted by atomic mass is 35.5. The number of benzene rings is 11. The van der Waals surface area contributed by atoms with E-state index in [0.29, 0.717) is 52.6 Å². The first-order chi connectivity index (χ1) is 71.5. The number of aromatic nitrogens is 6. The van der Waals surface area contributed by atoms with Gasteiger partial charge in [-0.3, -0.25) is 44.1 Å². The van der Waals surface area contributed by atoms with Crippen LogP contribution in [-0.4, -0.2) is 88.3 Å². The van der Waals surface area contributed by atoms with Gasteiger partial charge in [0.2, 0.25) is 0 Å². The third kappa shape index (κ3) is 21.9. The molecule has 27 heteroatoms. The molecular weight excluding hydrogens is 1900 g/mol. The zero-order valence-corrected chi connectivity index (χ0v) is 85.8. The number of aryl methyl sites for hydroxylation is 5. The summed E-state index contributed by atoms with van der Waals surface area (Å²) in [4.78, 5) is 75.9. The van der Waals surface area contributed by atoms with Gasteiger partial charge in [0.1, 0.15) is 70.8 Å². The van der Waals surface area contributed by atoms with Gasteiger partial charge in [0.25, 0.3) is 6.47 Å². The molecule has 0 unspecified atom stereocenters. The van der Waals surface area contributed by atoms with Gasteiger partial charge in [-0.2, -0.15) is 0 Å². The first kappa shape index (κ1) is 102. The van der Waals surface area contributed by atoms with E-state index in [1.165, 1.54) is 31.2 Å². The Labute approximate surface area is 866 Å². The van der Waals surface area contributed by atoms with Crippen LogP contribution >= 0.6 is 11.6 Å². The second-order valence-electron chi connectivity index (χ2n) is 39.3. The van der Waals surface area contributed by atoms with Crippen LogP contribution in [-0.2, 0) is 30.3 Å². The van der Waals surface area contributed by atoms with Crippen molar-refractivity contribution >= 4 is 69.8 Å². The highest BCUT2D eigenvalue weighted by Crippen LogP contribution is 2.49. The lowest BCUT2D eigenvalue weighted by atomic mass is 9.90. The fourth-order valence-electron chi connectivity index (χ4n) is 19.5. The van der Waals surface area contributed by atoms with Crippen molar-refractivity contribution in [3.05, 3.63) is 414 Å². The summed E-state index contributed by atoms with van der Waals surface area (Å²) in [6.07, 6.45) is 3.34. The summed E-state index contributed by atoms with van der Waals surface area (Å²) in [5, 5.41) is 31.9. The van der Waals surface area contributed by atoms with E-state index < -0.39 is 29.3 Å². The normalized spacial score (nSPS) is 15.4. The number of nitrogens with zero attached hydrogens (tertiary/aromatic N) is 11.